The Balaban J connectivity index is 1.78. The Morgan fingerprint density at radius 2 is 1.62 bits per heavy atom. The SMILES string of the molecule is COC(=O)C(NC(=O)c1ccc(S(=O)(=O)N2CCCC2)cc1)c1ccc(Br)cc1. The van der Waals surface area contributed by atoms with Gasteiger partial charge in [-0.25, -0.2) is 13.2 Å². The van der Waals surface area contributed by atoms with E-state index in [1.807, 2.05) is 0 Å². The molecule has 29 heavy (non-hydrogen) atoms. The maximum absolute atomic E-state index is 12.6. The molecule has 0 spiro atoms. The maximum Gasteiger partial charge on any atom is 0.333 e. The number of methoxy groups -OCH3 is 1. The summed E-state index contributed by atoms with van der Waals surface area (Å²) in [5, 5.41) is 2.64. The van der Waals surface area contributed by atoms with E-state index < -0.39 is 27.9 Å². The van der Waals surface area contributed by atoms with Crippen molar-refractivity contribution in [2.75, 3.05) is 20.2 Å². The van der Waals surface area contributed by atoms with Crippen LogP contribution < -0.4 is 5.32 Å². The molecule has 9 heteroatoms. The number of hydrogen-bond acceptors (Lipinski definition) is 5. The Morgan fingerprint density at radius 3 is 2.17 bits per heavy atom. The number of carbonyl (C=O) groups is 2. The van der Waals surface area contributed by atoms with Gasteiger partial charge in [-0.2, -0.15) is 4.31 Å². The van der Waals surface area contributed by atoms with Gasteiger partial charge in [0.15, 0.2) is 6.04 Å². The third kappa shape index (κ3) is 4.85. The number of amides is 1. The number of nitrogens with one attached hydrogen (secondary N) is 1. The van der Waals surface area contributed by atoms with E-state index in [2.05, 4.69) is 21.2 Å². The summed E-state index contributed by atoms with van der Waals surface area (Å²) in [6.07, 6.45) is 1.70. The zero-order valence-electron chi connectivity index (χ0n) is 15.8. The molecule has 1 N–H and O–H groups in total. The highest BCUT2D eigenvalue weighted by atomic mass is 79.9. The maximum atomic E-state index is 12.6. The summed E-state index contributed by atoms with van der Waals surface area (Å²) in [6.45, 7) is 1.02. The highest BCUT2D eigenvalue weighted by Crippen LogP contribution is 2.22. The van der Waals surface area contributed by atoms with E-state index in [0.29, 0.717) is 18.7 Å². The molecule has 2 aromatic carbocycles. The number of carbonyl (C=O) groups excluding carboxylic acids is 2. The van der Waals surface area contributed by atoms with Gasteiger partial charge in [0.05, 0.1) is 12.0 Å². The van der Waals surface area contributed by atoms with Crippen LogP contribution in [0.4, 0.5) is 0 Å². The summed E-state index contributed by atoms with van der Waals surface area (Å²) < 4.78 is 32.3. The van der Waals surface area contributed by atoms with E-state index in [9.17, 15) is 18.0 Å². The quantitative estimate of drug-likeness (QED) is 0.641. The van der Waals surface area contributed by atoms with Crippen LogP contribution in [0.25, 0.3) is 0 Å². The molecule has 1 amide bonds. The zero-order chi connectivity index (χ0) is 21.0. The van der Waals surface area contributed by atoms with Crippen molar-refractivity contribution in [3.8, 4) is 0 Å². The normalized spacial score (nSPS) is 15.7. The highest BCUT2D eigenvalue weighted by Gasteiger charge is 2.28. The molecule has 154 valence electrons. The summed E-state index contributed by atoms with van der Waals surface area (Å²) in [6, 6.07) is 11.7. The molecule has 3 rings (SSSR count). The van der Waals surface area contributed by atoms with Gasteiger partial charge in [-0.05, 0) is 54.8 Å². The molecule has 1 aliphatic heterocycles. The lowest BCUT2D eigenvalue weighted by Gasteiger charge is -2.18. The first kappa shape index (κ1) is 21.5. The molecule has 2 aromatic rings. The van der Waals surface area contributed by atoms with Crippen LogP contribution in [0.1, 0.15) is 34.8 Å². The number of rotatable bonds is 6. The van der Waals surface area contributed by atoms with Crippen molar-refractivity contribution < 1.29 is 22.7 Å². The van der Waals surface area contributed by atoms with Gasteiger partial charge in [-0.15, -0.1) is 0 Å². The van der Waals surface area contributed by atoms with Gasteiger partial charge >= 0.3 is 5.97 Å². The number of benzene rings is 2. The van der Waals surface area contributed by atoms with E-state index in [1.165, 1.54) is 35.7 Å². The average molecular weight is 481 g/mol. The fraction of sp³-hybridized carbons (Fsp3) is 0.300. The lowest BCUT2D eigenvalue weighted by molar-refractivity contribution is -0.143. The zero-order valence-corrected chi connectivity index (χ0v) is 18.2. The molecule has 0 saturated carbocycles. The van der Waals surface area contributed by atoms with Crippen LogP contribution in [0.15, 0.2) is 57.9 Å². The van der Waals surface area contributed by atoms with E-state index in [0.717, 1.165) is 17.3 Å². The monoisotopic (exact) mass is 480 g/mol. The second-order valence-corrected chi connectivity index (χ2v) is 9.47. The van der Waals surface area contributed by atoms with Crippen LogP contribution >= 0.6 is 15.9 Å². The van der Waals surface area contributed by atoms with Crippen molar-refractivity contribution >= 4 is 37.8 Å². The van der Waals surface area contributed by atoms with Gasteiger partial charge < -0.3 is 10.1 Å². The van der Waals surface area contributed by atoms with Gasteiger partial charge in [-0.3, -0.25) is 4.79 Å². The number of esters is 1. The predicted octanol–water partition coefficient (Wildman–Crippen LogP) is 2.88. The second kappa shape index (κ2) is 9.06. The first-order chi connectivity index (χ1) is 13.8. The molecule has 1 heterocycles. The van der Waals surface area contributed by atoms with Crippen molar-refractivity contribution in [2.24, 2.45) is 0 Å². The van der Waals surface area contributed by atoms with Crippen LogP contribution in [-0.4, -0.2) is 44.8 Å². The summed E-state index contributed by atoms with van der Waals surface area (Å²) in [5.41, 5.74) is 0.818. The minimum Gasteiger partial charge on any atom is -0.467 e. The van der Waals surface area contributed by atoms with Gasteiger partial charge in [0.1, 0.15) is 0 Å². The third-order valence-electron chi connectivity index (χ3n) is 4.73. The van der Waals surface area contributed by atoms with E-state index >= 15 is 0 Å². The van der Waals surface area contributed by atoms with Gasteiger partial charge in [-0.1, -0.05) is 28.1 Å². The third-order valence-corrected chi connectivity index (χ3v) is 7.18. The average Bonchev–Trinajstić information content (AvgIpc) is 3.28. The Kier molecular flexibility index (Phi) is 6.71. The van der Waals surface area contributed by atoms with Crippen molar-refractivity contribution in [1.29, 1.82) is 0 Å². The summed E-state index contributed by atoms with van der Waals surface area (Å²) in [5.74, 6) is -1.11. The molecule has 1 fully saturated rings. The smallest absolute Gasteiger partial charge is 0.333 e. The first-order valence-electron chi connectivity index (χ1n) is 9.07. The van der Waals surface area contributed by atoms with E-state index in [1.54, 1.807) is 24.3 Å². The standard InChI is InChI=1S/C20H21BrN2O5S/c1-28-20(25)18(14-4-8-16(21)9-5-14)22-19(24)15-6-10-17(11-7-15)29(26,27)23-12-2-3-13-23/h4-11,18H,2-3,12-13H2,1H3,(H,22,24). The molecular formula is C20H21BrN2O5S. The Labute approximate surface area is 178 Å². The molecule has 0 aliphatic carbocycles. The Morgan fingerprint density at radius 1 is 1.03 bits per heavy atom. The minimum atomic E-state index is -3.55. The first-order valence-corrected chi connectivity index (χ1v) is 11.3. The number of ether oxygens (including phenoxy) is 1. The molecule has 7 nitrogen and oxygen atoms in total. The van der Waals surface area contributed by atoms with Crippen LogP contribution in [0.2, 0.25) is 0 Å². The molecule has 1 saturated heterocycles. The van der Waals surface area contributed by atoms with Crippen LogP contribution in [-0.2, 0) is 19.6 Å². The number of sulfonamides is 1. The fourth-order valence-corrected chi connectivity index (χ4v) is 4.90. The minimum absolute atomic E-state index is 0.147. The topological polar surface area (TPSA) is 92.8 Å². The predicted molar refractivity (Wildman–Crippen MR) is 111 cm³/mol. The Bertz CT molecular complexity index is 985. The number of halogens is 1. The molecule has 0 bridgehead atoms. The summed E-state index contributed by atoms with van der Waals surface area (Å²) in [7, 11) is -2.30. The lowest BCUT2D eigenvalue weighted by Crippen LogP contribution is -2.34. The Hall–Kier alpha value is -2.23. The van der Waals surface area contributed by atoms with Crippen molar-refractivity contribution in [3.63, 3.8) is 0 Å². The van der Waals surface area contributed by atoms with E-state index in [-0.39, 0.29) is 10.5 Å². The largest absolute Gasteiger partial charge is 0.467 e. The second-order valence-electron chi connectivity index (χ2n) is 6.62. The lowest BCUT2D eigenvalue weighted by atomic mass is 10.1. The fourth-order valence-electron chi connectivity index (χ4n) is 3.12. The van der Waals surface area contributed by atoms with Crippen molar-refractivity contribution in [2.45, 2.75) is 23.8 Å². The number of hydrogen-bond donors (Lipinski definition) is 1. The number of nitrogens with zero attached hydrogens (tertiary/aromatic N) is 1. The highest BCUT2D eigenvalue weighted by molar-refractivity contribution is 9.10. The molecule has 0 radical (unpaired) electrons. The molecule has 1 aliphatic rings. The van der Waals surface area contributed by atoms with Crippen molar-refractivity contribution in [3.05, 3.63) is 64.1 Å². The van der Waals surface area contributed by atoms with E-state index in [4.69, 9.17) is 4.74 Å². The van der Waals surface area contributed by atoms with Crippen molar-refractivity contribution in [1.82, 2.24) is 9.62 Å². The molecule has 1 unspecified atom stereocenters. The molecule has 0 aromatic heterocycles. The van der Waals surface area contributed by atoms with Crippen LogP contribution in [0, 0.1) is 0 Å². The molecular weight excluding hydrogens is 460 g/mol. The summed E-state index contributed by atoms with van der Waals surface area (Å²) >= 11 is 3.33. The van der Waals surface area contributed by atoms with Crippen LogP contribution in [0.5, 0.6) is 0 Å². The summed E-state index contributed by atoms with van der Waals surface area (Å²) in [4.78, 5) is 25.0. The van der Waals surface area contributed by atoms with Crippen LogP contribution in [0.3, 0.4) is 0 Å². The van der Waals surface area contributed by atoms with Gasteiger partial charge in [0.25, 0.3) is 5.91 Å². The van der Waals surface area contributed by atoms with Gasteiger partial charge in [0.2, 0.25) is 10.0 Å². The van der Waals surface area contributed by atoms with Gasteiger partial charge in [0, 0.05) is 23.1 Å². The molecule has 1 atom stereocenters.